The molecule has 0 radical (unpaired) electrons. The zero-order valence-corrected chi connectivity index (χ0v) is 6.06. The quantitative estimate of drug-likeness (QED) is 0.455. The molecule has 1 saturated heterocycles. The van der Waals surface area contributed by atoms with E-state index in [9.17, 15) is 18.3 Å². The van der Waals surface area contributed by atoms with Crippen molar-refractivity contribution in [1.82, 2.24) is 0 Å². The number of hydrogen-bond acceptors (Lipinski definition) is 4. The van der Waals surface area contributed by atoms with Gasteiger partial charge in [0.15, 0.2) is 9.84 Å². The Kier molecular flexibility index (Phi) is 1.68. The Morgan fingerprint density at radius 1 is 1.50 bits per heavy atom. The fourth-order valence-corrected chi connectivity index (χ4v) is 2.71. The lowest BCUT2D eigenvalue weighted by molar-refractivity contribution is -0.310. The van der Waals surface area contributed by atoms with Gasteiger partial charge < -0.3 is 9.90 Å². The molecule has 0 aromatic heterocycles. The topological polar surface area (TPSA) is 74.3 Å². The van der Waals surface area contributed by atoms with Crippen molar-refractivity contribution in [2.45, 2.75) is 6.42 Å². The minimum Gasteiger partial charge on any atom is -0.550 e. The van der Waals surface area contributed by atoms with Crippen LogP contribution in [0.5, 0.6) is 0 Å². The standard InChI is InChI=1S/C5H8O4S/c6-5(7)4-1-2-10(8,9)3-4/h4H,1-3H2,(H,6,7)/p-1. The second kappa shape index (κ2) is 2.23. The normalized spacial score (nSPS) is 30.2. The predicted molar refractivity (Wildman–Crippen MR) is 31.8 cm³/mol. The van der Waals surface area contributed by atoms with Crippen LogP contribution in [0.2, 0.25) is 0 Å². The SMILES string of the molecule is O=C([O-])C1CCS(=O)(=O)C1. The molecule has 0 N–H and O–H groups in total. The number of carbonyl (C=O) groups is 1. The molecule has 1 atom stereocenters. The first-order valence-electron chi connectivity index (χ1n) is 2.92. The number of sulfone groups is 1. The maximum Gasteiger partial charge on any atom is 0.150 e. The average Bonchev–Trinajstić information content (AvgIpc) is 2.10. The van der Waals surface area contributed by atoms with Gasteiger partial charge in [-0.2, -0.15) is 0 Å². The highest BCUT2D eigenvalue weighted by molar-refractivity contribution is 7.91. The molecule has 0 bridgehead atoms. The number of hydrogen-bond donors (Lipinski definition) is 0. The summed E-state index contributed by atoms with van der Waals surface area (Å²) in [5.41, 5.74) is 0. The lowest BCUT2D eigenvalue weighted by Gasteiger charge is -2.06. The van der Waals surface area contributed by atoms with Crippen LogP contribution < -0.4 is 5.11 Å². The van der Waals surface area contributed by atoms with E-state index < -0.39 is 21.7 Å². The summed E-state index contributed by atoms with van der Waals surface area (Å²) in [6.45, 7) is 0. The van der Waals surface area contributed by atoms with E-state index in [4.69, 9.17) is 0 Å². The zero-order chi connectivity index (χ0) is 7.78. The Bertz CT molecular complexity index is 240. The van der Waals surface area contributed by atoms with Crippen molar-refractivity contribution in [2.75, 3.05) is 11.5 Å². The van der Waals surface area contributed by atoms with E-state index in [2.05, 4.69) is 0 Å². The summed E-state index contributed by atoms with van der Waals surface area (Å²) in [5, 5.41) is 10.1. The maximum atomic E-state index is 10.7. The van der Waals surface area contributed by atoms with E-state index in [1.165, 1.54) is 0 Å². The summed E-state index contributed by atoms with van der Waals surface area (Å²) in [6.07, 6.45) is 0.213. The van der Waals surface area contributed by atoms with Gasteiger partial charge >= 0.3 is 0 Å². The summed E-state index contributed by atoms with van der Waals surface area (Å²) in [5.74, 6) is -2.27. The van der Waals surface area contributed by atoms with Crippen molar-refractivity contribution in [1.29, 1.82) is 0 Å². The highest BCUT2D eigenvalue weighted by atomic mass is 32.2. The molecule has 1 rings (SSSR count). The van der Waals surface area contributed by atoms with Crippen molar-refractivity contribution >= 4 is 15.8 Å². The molecule has 1 fully saturated rings. The van der Waals surface area contributed by atoms with Gasteiger partial charge in [0.1, 0.15) is 0 Å². The Morgan fingerprint density at radius 3 is 2.30 bits per heavy atom. The predicted octanol–water partition coefficient (Wildman–Crippen LogP) is -1.83. The van der Waals surface area contributed by atoms with Crippen molar-refractivity contribution < 1.29 is 18.3 Å². The molecule has 0 aliphatic carbocycles. The number of carboxylic acids is 1. The molecule has 0 aromatic rings. The first-order valence-corrected chi connectivity index (χ1v) is 4.75. The average molecular weight is 163 g/mol. The summed E-state index contributed by atoms with van der Waals surface area (Å²) < 4.78 is 21.3. The second-order valence-corrected chi connectivity index (χ2v) is 4.65. The van der Waals surface area contributed by atoms with E-state index >= 15 is 0 Å². The van der Waals surface area contributed by atoms with Crippen LogP contribution in [0.3, 0.4) is 0 Å². The van der Waals surface area contributed by atoms with Crippen LogP contribution in [-0.4, -0.2) is 25.9 Å². The van der Waals surface area contributed by atoms with E-state index in [-0.39, 0.29) is 17.9 Å². The third kappa shape index (κ3) is 1.47. The monoisotopic (exact) mass is 163 g/mol. The van der Waals surface area contributed by atoms with Crippen LogP contribution in [0.25, 0.3) is 0 Å². The number of aliphatic carboxylic acids is 1. The molecule has 10 heavy (non-hydrogen) atoms. The Labute approximate surface area is 58.8 Å². The van der Waals surface area contributed by atoms with Crippen LogP contribution in [0, 0.1) is 5.92 Å². The summed E-state index contributed by atoms with van der Waals surface area (Å²) in [7, 11) is -3.06. The zero-order valence-electron chi connectivity index (χ0n) is 5.24. The molecule has 4 nitrogen and oxygen atoms in total. The molecular weight excluding hydrogens is 156 g/mol. The minimum atomic E-state index is -3.06. The first kappa shape index (κ1) is 7.53. The molecule has 0 amide bonds. The Balaban J connectivity index is 2.69. The molecular formula is C5H7O4S-. The van der Waals surface area contributed by atoms with Gasteiger partial charge in [-0.3, -0.25) is 0 Å². The highest BCUT2D eigenvalue weighted by Gasteiger charge is 2.28. The fourth-order valence-electron chi connectivity index (χ4n) is 0.981. The van der Waals surface area contributed by atoms with Gasteiger partial charge in [-0.15, -0.1) is 0 Å². The van der Waals surface area contributed by atoms with Crippen LogP contribution in [0.4, 0.5) is 0 Å². The first-order chi connectivity index (χ1) is 4.51. The number of carbonyl (C=O) groups excluding carboxylic acids is 1. The molecule has 1 unspecified atom stereocenters. The third-order valence-electron chi connectivity index (χ3n) is 1.57. The van der Waals surface area contributed by atoms with Gasteiger partial charge in [0.2, 0.25) is 0 Å². The molecule has 1 aliphatic heterocycles. The summed E-state index contributed by atoms with van der Waals surface area (Å²) >= 11 is 0. The lowest BCUT2D eigenvalue weighted by atomic mass is 10.1. The van der Waals surface area contributed by atoms with Crippen molar-refractivity contribution in [2.24, 2.45) is 5.92 Å². The molecule has 58 valence electrons. The van der Waals surface area contributed by atoms with Gasteiger partial charge in [0.25, 0.3) is 0 Å². The van der Waals surface area contributed by atoms with Crippen LogP contribution in [0.15, 0.2) is 0 Å². The minimum absolute atomic E-state index is 0.00829. The molecule has 1 heterocycles. The Morgan fingerprint density at radius 2 is 2.10 bits per heavy atom. The molecule has 1 aliphatic rings. The maximum absolute atomic E-state index is 10.7. The van der Waals surface area contributed by atoms with Gasteiger partial charge in [0, 0.05) is 11.9 Å². The Hall–Kier alpha value is -0.580. The fraction of sp³-hybridized carbons (Fsp3) is 0.800. The third-order valence-corrected chi connectivity index (χ3v) is 3.33. The summed E-state index contributed by atoms with van der Waals surface area (Å²) in [6, 6.07) is 0. The van der Waals surface area contributed by atoms with Gasteiger partial charge in [-0.05, 0) is 6.42 Å². The van der Waals surface area contributed by atoms with Crippen LogP contribution in [0.1, 0.15) is 6.42 Å². The number of rotatable bonds is 1. The van der Waals surface area contributed by atoms with Crippen LogP contribution >= 0.6 is 0 Å². The van der Waals surface area contributed by atoms with Gasteiger partial charge in [0.05, 0.1) is 11.5 Å². The van der Waals surface area contributed by atoms with E-state index in [0.717, 1.165) is 0 Å². The van der Waals surface area contributed by atoms with Crippen molar-refractivity contribution in [3.63, 3.8) is 0 Å². The molecule has 0 saturated carbocycles. The van der Waals surface area contributed by atoms with Crippen molar-refractivity contribution in [3.05, 3.63) is 0 Å². The van der Waals surface area contributed by atoms with Gasteiger partial charge in [-0.1, -0.05) is 0 Å². The second-order valence-electron chi connectivity index (χ2n) is 2.42. The lowest BCUT2D eigenvalue weighted by Crippen LogP contribution is -2.31. The largest absolute Gasteiger partial charge is 0.550 e. The van der Waals surface area contributed by atoms with Crippen molar-refractivity contribution in [3.8, 4) is 0 Å². The van der Waals surface area contributed by atoms with E-state index in [0.29, 0.717) is 0 Å². The van der Waals surface area contributed by atoms with E-state index in [1.807, 2.05) is 0 Å². The van der Waals surface area contributed by atoms with Gasteiger partial charge in [-0.25, -0.2) is 8.42 Å². The van der Waals surface area contributed by atoms with Crippen LogP contribution in [-0.2, 0) is 14.6 Å². The molecule has 0 spiro atoms. The summed E-state index contributed by atoms with van der Waals surface area (Å²) in [4.78, 5) is 10.1. The molecule has 0 aromatic carbocycles. The smallest absolute Gasteiger partial charge is 0.150 e. The highest BCUT2D eigenvalue weighted by Crippen LogP contribution is 2.16. The molecule has 5 heteroatoms. The number of carboxylic acid groups (broad SMARTS) is 1. The van der Waals surface area contributed by atoms with E-state index in [1.54, 1.807) is 0 Å².